The number of aromatic nitrogens is 2. The van der Waals surface area contributed by atoms with Gasteiger partial charge in [0, 0.05) is 10.8 Å². The van der Waals surface area contributed by atoms with Crippen molar-refractivity contribution in [1.82, 2.24) is 9.97 Å². The largest absolute Gasteiger partial charge is 0.383 e. The van der Waals surface area contributed by atoms with Crippen LogP contribution in [-0.2, 0) is 11.8 Å². The molecule has 0 fully saturated rings. The van der Waals surface area contributed by atoms with Crippen molar-refractivity contribution in [3.05, 3.63) is 29.0 Å². The number of hydrogen-bond donors (Lipinski definition) is 2. The van der Waals surface area contributed by atoms with Gasteiger partial charge in [0.2, 0.25) is 0 Å². The van der Waals surface area contributed by atoms with Crippen molar-refractivity contribution in [2.45, 2.75) is 38.5 Å². The van der Waals surface area contributed by atoms with Crippen LogP contribution < -0.4 is 11.5 Å². The van der Waals surface area contributed by atoms with E-state index in [1.165, 1.54) is 5.56 Å². The van der Waals surface area contributed by atoms with E-state index in [2.05, 4.69) is 29.9 Å². The van der Waals surface area contributed by atoms with E-state index in [1.807, 2.05) is 0 Å². The van der Waals surface area contributed by atoms with E-state index in [0.717, 1.165) is 30.3 Å². The molecular formula is C15H18N4O. The van der Waals surface area contributed by atoms with Crippen LogP contribution in [0.3, 0.4) is 0 Å². The number of pyridine rings is 2. The van der Waals surface area contributed by atoms with Gasteiger partial charge >= 0.3 is 0 Å². The number of hydrogen-bond acceptors (Lipinski definition) is 4. The lowest BCUT2D eigenvalue weighted by Crippen LogP contribution is -2.25. The number of aryl methyl sites for hydroxylation is 1. The van der Waals surface area contributed by atoms with Crippen LogP contribution in [0.2, 0.25) is 0 Å². The topological polar surface area (TPSA) is 94.9 Å². The summed E-state index contributed by atoms with van der Waals surface area (Å²) in [5, 5.41) is 0.824. The Morgan fingerprint density at radius 1 is 1.30 bits per heavy atom. The Kier molecular flexibility index (Phi) is 2.67. The molecule has 104 valence electrons. The lowest BCUT2D eigenvalue weighted by atomic mass is 9.76. The Balaban J connectivity index is 2.28. The number of primary amides is 1. The van der Waals surface area contributed by atoms with E-state index in [-0.39, 0.29) is 16.8 Å². The van der Waals surface area contributed by atoms with Crippen molar-refractivity contribution < 1.29 is 4.79 Å². The highest BCUT2D eigenvalue weighted by atomic mass is 16.1. The molecule has 0 unspecified atom stereocenters. The molecule has 1 amide bonds. The maximum absolute atomic E-state index is 11.3. The van der Waals surface area contributed by atoms with Crippen molar-refractivity contribution in [2.24, 2.45) is 5.73 Å². The number of carbonyl (C=O) groups is 1. The highest BCUT2D eigenvalue weighted by molar-refractivity contribution is 6.00. The van der Waals surface area contributed by atoms with Crippen molar-refractivity contribution in [3.63, 3.8) is 0 Å². The molecule has 1 aliphatic carbocycles. The number of nitrogens with two attached hydrogens (primary N) is 2. The van der Waals surface area contributed by atoms with Gasteiger partial charge < -0.3 is 11.5 Å². The summed E-state index contributed by atoms with van der Waals surface area (Å²) in [6, 6.07) is 3.76. The van der Waals surface area contributed by atoms with Gasteiger partial charge in [-0.05, 0) is 37.0 Å². The predicted octanol–water partition coefficient (Wildman–Crippen LogP) is 1.92. The molecule has 0 radical (unpaired) electrons. The zero-order valence-electron chi connectivity index (χ0n) is 11.7. The van der Waals surface area contributed by atoms with E-state index in [1.54, 1.807) is 6.07 Å². The summed E-state index contributed by atoms with van der Waals surface area (Å²) in [7, 11) is 0. The summed E-state index contributed by atoms with van der Waals surface area (Å²) in [4.78, 5) is 20.3. The minimum Gasteiger partial charge on any atom is -0.383 e. The van der Waals surface area contributed by atoms with E-state index in [4.69, 9.17) is 11.5 Å². The first-order valence-corrected chi connectivity index (χ1v) is 6.79. The van der Waals surface area contributed by atoms with E-state index in [0.29, 0.717) is 5.65 Å². The van der Waals surface area contributed by atoms with Gasteiger partial charge in [-0.1, -0.05) is 13.8 Å². The first-order valence-electron chi connectivity index (χ1n) is 6.79. The van der Waals surface area contributed by atoms with Crippen LogP contribution in [-0.4, -0.2) is 15.9 Å². The molecule has 5 heteroatoms. The van der Waals surface area contributed by atoms with Crippen molar-refractivity contribution >= 4 is 22.8 Å². The molecule has 2 aromatic heterocycles. The molecule has 4 N–H and O–H groups in total. The van der Waals surface area contributed by atoms with Crippen LogP contribution in [0.4, 0.5) is 5.82 Å². The molecule has 2 heterocycles. The third kappa shape index (κ3) is 1.90. The van der Waals surface area contributed by atoms with Crippen LogP contribution in [0.5, 0.6) is 0 Å². The van der Waals surface area contributed by atoms with Gasteiger partial charge in [0.15, 0.2) is 5.65 Å². The number of nitrogens with zero attached hydrogens (tertiary/aromatic N) is 2. The molecular weight excluding hydrogens is 252 g/mol. The first kappa shape index (κ1) is 12.8. The van der Waals surface area contributed by atoms with Crippen LogP contribution in [0, 0.1) is 0 Å². The second-order valence-electron chi connectivity index (χ2n) is 6.07. The normalized spacial score (nSPS) is 16.9. The number of rotatable bonds is 1. The summed E-state index contributed by atoms with van der Waals surface area (Å²) in [5.41, 5.74) is 14.3. The number of fused-ring (bicyclic) bond motifs is 2. The van der Waals surface area contributed by atoms with Gasteiger partial charge in [-0.2, -0.15) is 0 Å². The highest BCUT2D eigenvalue weighted by Crippen LogP contribution is 2.36. The second kappa shape index (κ2) is 4.16. The molecule has 0 spiro atoms. The molecule has 0 atom stereocenters. The Hall–Kier alpha value is -2.17. The maximum Gasteiger partial charge on any atom is 0.252 e. The molecule has 5 nitrogen and oxygen atoms in total. The second-order valence-corrected chi connectivity index (χ2v) is 6.07. The van der Waals surface area contributed by atoms with Gasteiger partial charge in [-0.25, -0.2) is 9.97 Å². The Morgan fingerprint density at radius 2 is 2.05 bits per heavy atom. The fourth-order valence-electron chi connectivity index (χ4n) is 2.98. The Labute approximate surface area is 117 Å². The Bertz CT molecular complexity index is 721. The highest BCUT2D eigenvalue weighted by Gasteiger charge is 2.29. The average Bonchev–Trinajstić information content (AvgIpc) is 2.36. The van der Waals surface area contributed by atoms with Crippen molar-refractivity contribution in [1.29, 1.82) is 0 Å². The lowest BCUT2D eigenvalue weighted by Gasteiger charge is -2.31. The van der Waals surface area contributed by atoms with Crippen molar-refractivity contribution in [2.75, 3.05) is 5.73 Å². The molecule has 2 aromatic rings. The number of anilines is 1. The molecule has 0 aromatic carbocycles. The van der Waals surface area contributed by atoms with E-state index < -0.39 is 5.91 Å². The average molecular weight is 270 g/mol. The molecule has 3 rings (SSSR count). The molecule has 1 aliphatic rings. The third-order valence-corrected chi connectivity index (χ3v) is 4.07. The first-order chi connectivity index (χ1) is 9.38. The molecule has 0 saturated carbocycles. The van der Waals surface area contributed by atoms with Crippen LogP contribution in [0.15, 0.2) is 12.1 Å². The van der Waals surface area contributed by atoms with Crippen LogP contribution in [0.25, 0.3) is 11.0 Å². The summed E-state index contributed by atoms with van der Waals surface area (Å²) in [5.74, 6) is -0.416. The molecule has 0 bridgehead atoms. The standard InChI is InChI=1S/C15H18N4O/c1-15(2)5-3-4-8-6-9-7-10(13(17)20)12(16)19-14(9)18-11(8)15/h6-7H,3-5H2,1-2H3,(H2,17,20)(H2,16,18,19). The smallest absolute Gasteiger partial charge is 0.252 e. The third-order valence-electron chi connectivity index (χ3n) is 4.07. The fraction of sp³-hybridized carbons (Fsp3) is 0.400. The zero-order valence-corrected chi connectivity index (χ0v) is 11.7. The summed E-state index contributed by atoms with van der Waals surface area (Å²) >= 11 is 0. The summed E-state index contributed by atoms with van der Waals surface area (Å²) < 4.78 is 0. The molecule has 0 saturated heterocycles. The van der Waals surface area contributed by atoms with Gasteiger partial charge in [0.1, 0.15) is 5.82 Å². The van der Waals surface area contributed by atoms with E-state index >= 15 is 0 Å². The summed E-state index contributed by atoms with van der Waals surface area (Å²) in [6.45, 7) is 4.40. The number of carbonyl (C=O) groups excluding carboxylic acids is 1. The van der Waals surface area contributed by atoms with Gasteiger partial charge in [-0.15, -0.1) is 0 Å². The number of nitrogen functional groups attached to an aromatic ring is 1. The lowest BCUT2D eigenvalue weighted by molar-refractivity contribution is 0.100. The van der Waals surface area contributed by atoms with Crippen LogP contribution in [0.1, 0.15) is 48.3 Å². The minimum absolute atomic E-state index is 0.0561. The minimum atomic E-state index is -0.560. The fourth-order valence-corrected chi connectivity index (χ4v) is 2.98. The monoisotopic (exact) mass is 270 g/mol. The number of amides is 1. The van der Waals surface area contributed by atoms with Crippen LogP contribution >= 0.6 is 0 Å². The van der Waals surface area contributed by atoms with Gasteiger partial charge in [0.25, 0.3) is 5.91 Å². The molecule has 20 heavy (non-hydrogen) atoms. The summed E-state index contributed by atoms with van der Waals surface area (Å²) in [6.07, 6.45) is 3.28. The Morgan fingerprint density at radius 3 is 2.75 bits per heavy atom. The quantitative estimate of drug-likeness (QED) is 0.827. The SMILES string of the molecule is CC1(C)CCCc2cc3cc(C(N)=O)c(N)nc3nc21. The van der Waals surface area contributed by atoms with Crippen molar-refractivity contribution in [3.8, 4) is 0 Å². The maximum atomic E-state index is 11.3. The predicted molar refractivity (Wildman–Crippen MR) is 78.4 cm³/mol. The van der Waals surface area contributed by atoms with Gasteiger partial charge in [0.05, 0.1) is 11.3 Å². The van der Waals surface area contributed by atoms with E-state index in [9.17, 15) is 4.79 Å². The zero-order chi connectivity index (χ0) is 14.5. The molecule has 0 aliphatic heterocycles. The van der Waals surface area contributed by atoms with Gasteiger partial charge in [-0.3, -0.25) is 4.79 Å².